The number of rotatable bonds is 9. The number of hydrogen-bond donors (Lipinski definition) is 1. The Balaban J connectivity index is 3.69. The van der Waals surface area contributed by atoms with E-state index in [0.717, 1.165) is 6.04 Å². The van der Waals surface area contributed by atoms with Crippen molar-refractivity contribution in [2.45, 2.75) is 84.7 Å². The van der Waals surface area contributed by atoms with E-state index in [0.29, 0.717) is 6.04 Å². The summed E-state index contributed by atoms with van der Waals surface area (Å²) < 4.78 is 0. The molecule has 0 aliphatic carbocycles. The van der Waals surface area contributed by atoms with E-state index in [2.05, 4.69) is 33.0 Å². The lowest BCUT2D eigenvalue weighted by Gasteiger charge is -2.22. The number of hydrogen-bond acceptors (Lipinski definition) is 1. The van der Waals surface area contributed by atoms with Gasteiger partial charge in [0, 0.05) is 12.1 Å². The van der Waals surface area contributed by atoms with Crippen LogP contribution in [-0.4, -0.2) is 12.1 Å². The summed E-state index contributed by atoms with van der Waals surface area (Å²) in [5.41, 5.74) is 0. The second-order valence-electron chi connectivity index (χ2n) is 4.48. The third kappa shape index (κ3) is 7.37. The van der Waals surface area contributed by atoms with Crippen molar-refractivity contribution < 1.29 is 0 Å². The first-order valence-electron chi connectivity index (χ1n) is 6.50. The standard InChI is InChI=1S/C13H29N/c1-5-8-11-13(10-7-3)14-12(4)9-6-2/h12-14H,5-11H2,1-4H3. The summed E-state index contributed by atoms with van der Waals surface area (Å²) >= 11 is 0. The molecule has 0 fully saturated rings. The topological polar surface area (TPSA) is 12.0 Å². The Kier molecular flexibility index (Phi) is 9.49. The van der Waals surface area contributed by atoms with E-state index >= 15 is 0 Å². The second-order valence-corrected chi connectivity index (χ2v) is 4.48. The fourth-order valence-corrected chi connectivity index (χ4v) is 2.03. The molecule has 0 bridgehead atoms. The summed E-state index contributed by atoms with van der Waals surface area (Å²) in [6.07, 6.45) is 9.31. The van der Waals surface area contributed by atoms with E-state index in [4.69, 9.17) is 0 Å². The zero-order valence-electron chi connectivity index (χ0n) is 10.6. The molecule has 14 heavy (non-hydrogen) atoms. The van der Waals surface area contributed by atoms with Crippen LogP contribution in [0.4, 0.5) is 0 Å². The van der Waals surface area contributed by atoms with Crippen molar-refractivity contribution in [1.29, 1.82) is 0 Å². The molecule has 0 aromatic carbocycles. The third-order valence-electron chi connectivity index (χ3n) is 2.79. The predicted molar refractivity (Wildman–Crippen MR) is 65.7 cm³/mol. The van der Waals surface area contributed by atoms with Crippen LogP contribution >= 0.6 is 0 Å². The first kappa shape index (κ1) is 14.0. The molecule has 0 saturated heterocycles. The van der Waals surface area contributed by atoms with Crippen LogP contribution in [-0.2, 0) is 0 Å². The van der Waals surface area contributed by atoms with Gasteiger partial charge < -0.3 is 5.32 Å². The van der Waals surface area contributed by atoms with E-state index < -0.39 is 0 Å². The van der Waals surface area contributed by atoms with Gasteiger partial charge in [-0.25, -0.2) is 0 Å². The van der Waals surface area contributed by atoms with Gasteiger partial charge >= 0.3 is 0 Å². The minimum atomic E-state index is 0.702. The van der Waals surface area contributed by atoms with Gasteiger partial charge in [-0.3, -0.25) is 0 Å². The summed E-state index contributed by atoms with van der Waals surface area (Å²) in [7, 11) is 0. The molecule has 1 N–H and O–H groups in total. The summed E-state index contributed by atoms with van der Waals surface area (Å²) in [4.78, 5) is 0. The van der Waals surface area contributed by atoms with Crippen LogP contribution in [0.2, 0.25) is 0 Å². The Labute approximate surface area is 90.7 Å². The van der Waals surface area contributed by atoms with Gasteiger partial charge in [0.1, 0.15) is 0 Å². The molecule has 0 heterocycles. The molecule has 2 unspecified atom stereocenters. The van der Waals surface area contributed by atoms with Crippen molar-refractivity contribution in [1.82, 2.24) is 5.32 Å². The maximum atomic E-state index is 3.75. The summed E-state index contributed by atoms with van der Waals surface area (Å²) in [5.74, 6) is 0. The SMILES string of the molecule is CCCCC(CCC)NC(C)CCC. The van der Waals surface area contributed by atoms with Gasteiger partial charge in [0.05, 0.1) is 0 Å². The predicted octanol–water partition coefficient (Wildman–Crippen LogP) is 4.12. The Morgan fingerprint density at radius 1 is 0.857 bits per heavy atom. The monoisotopic (exact) mass is 199 g/mol. The zero-order chi connectivity index (χ0) is 10.8. The minimum absolute atomic E-state index is 0.702. The lowest BCUT2D eigenvalue weighted by atomic mass is 10.0. The molecule has 0 radical (unpaired) electrons. The summed E-state index contributed by atoms with van der Waals surface area (Å²) in [6.45, 7) is 9.14. The van der Waals surface area contributed by atoms with E-state index in [9.17, 15) is 0 Å². The van der Waals surface area contributed by atoms with Crippen LogP contribution in [0.25, 0.3) is 0 Å². The van der Waals surface area contributed by atoms with Crippen LogP contribution in [0.5, 0.6) is 0 Å². The molecule has 0 aliphatic heterocycles. The Bertz CT molecular complexity index is 112. The van der Waals surface area contributed by atoms with Crippen molar-refractivity contribution in [3.05, 3.63) is 0 Å². The molecule has 0 saturated carbocycles. The highest BCUT2D eigenvalue weighted by Crippen LogP contribution is 2.09. The maximum Gasteiger partial charge on any atom is 0.00694 e. The molecule has 0 aromatic rings. The van der Waals surface area contributed by atoms with Crippen molar-refractivity contribution in [3.8, 4) is 0 Å². The molecular weight excluding hydrogens is 170 g/mol. The van der Waals surface area contributed by atoms with Gasteiger partial charge in [-0.1, -0.05) is 46.5 Å². The largest absolute Gasteiger partial charge is 0.312 e. The molecule has 1 nitrogen and oxygen atoms in total. The minimum Gasteiger partial charge on any atom is -0.312 e. The lowest BCUT2D eigenvalue weighted by molar-refractivity contribution is 0.378. The van der Waals surface area contributed by atoms with E-state index in [1.807, 2.05) is 0 Å². The molecule has 0 rings (SSSR count). The third-order valence-corrected chi connectivity index (χ3v) is 2.79. The second kappa shape index (κ2) is 9.51. The normalized spacial score (nSPS) is 15.4. The molecule has 2 atom stereocenters. The van der Waals surface area contributed by atoms with Gasteiger partial charge in [-0.05, 0) is 26.2 Å². The zero-order valence-corrected chi connectivity index (χ0v) is 10.6. The average molecular weight is 199 g/mol. The Hall–Kier alpha value is -0.0400. The molecule has 0 aromatic heterocycles. The van der Waals surface area contributed by atoms with Gasteiger partial charge in [0.2, 0.25) is 0 Å². The molecule has 0 aliphatic rings. The molecule has 0 amide bonds. The van der Waals surface area contributed by atoms with E-state index in [1.165, 1.54) is 44.9 Å². The van der Waals surface area contributed by atoms with Crippen molar-refractivity contribution in [3.63, 3.8) is 0 Å². The van der Waals surface area contributed by atoms with Gasteiger partial charge in [0.15, 0.2) is 0 Å². The van der Waals surface area contributed by atoms with Gasteiger partial charge in [-0.2, -0.15) is 0 Å². The Morgan fingerprint density at radius 2 is 1.50 bits per heavy atom. The number of unbranched alkanes of at least 4 members (excludes halogenated alkanes) is 1. The Morgan fingerprint density at radius 3 is 2.00 bits per heavy atom. The first-order chi connectivity index (χ1) is 6.74. The van der Waals surface area contributed by atoms with Crippen LogP contribution in [0.3, 0.4) is 0 Å². The van der Waals surface area contributed by atoms with Crippen molar-refractivity contribution >= 4 is 0 Å². The molecule has 1 heteroatoms. The average Bonchev–Trinajstić information content (AvgIpc) is 2.15. The first-order valence-corrected chi connectivity index (χ1v) is 6.50. The number of nitrogens with one attached hydrogen (secondary N) is 1. The van der Waals surface area contributed by atoms with Crippen LogP contribution in [0.1, 0.15) is 72.6 Å². The smallest absolute Gasteiger partial charge is 0.00694 e. The molecular formula is C13H29N. The quantitative estimate of drug-likeness (QED) is 0.589. The summed E-state index contributed by atoms with van der Waals surface area (Å²) in [6, 6.07) is 1.47. The fraction of sp³-hybridized carbons (Fsp3) is 1.00. The van der Waals surface area contributed by atoms with Crippen LogP contribution < -0.4 is 5.32 Å². The fourth-order valence-electron chi connectivity index (χ4n) is 2.03. The summed E-state index contributed by atoms with van der Waals surface area (Å²) in [5, 5.41) is 3.75. The highest BCUT2D eigenvalue weighted by atomic mass is 14.9. The molecule has 0 spiro atoms. The highest BCUT2D eigenvalue weighted by molar-refractivity contribution is 4.70. The van der Waals surface area contributed by atoms with Crippen molar-refractivity contribution in [2.24, 2.45) is 0 Å². The van der Waals surface area contributed by atoms with Gasteiger partial charge in [0.25, 0.3) is 0 Å². The van der Waals surface area contributed by atoms with Crippen LogP contribution in [0, 0.1) is 0 Å². The highest BCUT2D eigenvalue weighted by Gasteiger charge is 2.09. The van der Waals surface area contributed by atoms with E-state index in [-0.39, 0.29) is 0 Å². The lowest BCUT2D eigenvalue weighted by Crippen LogP contribution is -2.36. The van der Waals surface area contributed by atoms with Crippen LogP contribution in [0.15, 0.2) is 0 Å². The molecule has 86 valence electrons. The maximum absolute atomic E-state index is 3.75. The van der Waals surface area contributed by atoms with E-state index in [1.54, 1.807) is 0 Å². The van der Waals surface area contributed by atoms with Crippen molar-refractivity contribution in [2.75, 3.05) is 0 Å². The van der Waals surface area contributed by atoms with Gasteiger partial charge in [-0.15, -0.1) is 0 Å².